The number of piperidine rings is 1. The van der Waals surface area contributed by atoms with E-state index >= 15 is 0 Å². The zero-order valence-corrected chi connectivity index (χ0v) is 22.4. The number of nitrogens with one attached hydrogen (secondary N) is 2. The van der Waals surface area contributed by atoms with Gasteiger partial charge in [0.05, 0.1) is 29.9 Å². The molecule has 3 amide bonds. The number of fused-ring (bicyclic) bond motifs is 1. The summed E-state index contributed by atoms with van der Waals surface area (Å²) in [5, 5.41) is 99.9. The lowest BCUT2D eigenvalue weighted by Gasteiger charge is -2.49. The van der Waals surface area contributed by atoms with Gasteiger partial charge in [0.25, 0.3) is 41.2 Å². The highest BCUT2D eigenvalue weighted by Crippen LogP contribution is 2.45. The van der Waals surface area contributed by atoms with Crippen LogP contribution in [0.25, 0.3) is 0 Å². The summed E-state index contributed by atoms with van der Waals surface area (Å²) >= 11 is 0. The Hall–Kier alpha value is -3.60. The third-order valence-corrected chi connectivity index (χ3v) is 7.71. The minimum absolute atomic E-state index is 0.0654. The molecule has 44 heavy (non-hydrogen) atoms. The largest absolute Gasteiger partial charge is 0.391 e. The highest BCUT2D eigenvalue weighted by molar-refractivity contribution is 6.24. The van der Waals surface area contributed by atoms with Gasteiger partial charge in [-0.2, -0.15) is 0 Å². The number of anilines is 1. The van der Waals surface area contributed by atoms with Crippen molar-refractivity contribution in [2.24, 2.45) is 0 Å². The lowest BCUT2D eigenvalue weighted by atomic mass is 9.65. The number of halogens is 1. The van der Waals surface area contributed by atoms with Gasteiger partial charge < -0.3 is 56.0 Å². The molecule has 2 fully saturated rings. The van der Waals surface area contributed by atoms with E-state index in [2.05, 4.69) is 0 Å². The molecule has 0 bridgehead atoms. The molecule has 2 radical (unpaired) electrons. The van der Waals surface area contributed by atoms with Crippen LogP contribution >= 0.6 is 0 Å². The number of hydrogen-bond acceptors (Lipinski definition) is 15. The first-order valence-corrected chi connectivity index (χ1v) is 12.8. The first-order valence-electron chi connectivity index (χ1n) is 12.8. The van der Waals surface area contributed by atoms with E-state index in [4.69, 9.17) is 12.6 Å². The Morgan fingerprint density at radius 3 is 2.27 bits per heavy atom. The molecule has 19 heteroatoms. The van der Waals surface area contributed by atoms with Crippen LogP contribution in [-0.2, 0) is 32.1 Å². The van der Waals surface area contributed by atoms with Gasteiger partial charge in [0.2, 0.25) is 0 Å². The SMILES string of the molecule is [B]C1(O)C(N2C(=O)c3cccc(NC(O)(O)c4cc(C(O)(O)N5CCOCC5)ccc4F)c3C2(O)O)C(=O)NC(=O)C1(O)O. The minimum atomic E-state index is -3.92. The number of ether oxygens (including phenoxy) is 1. The van der Waals surface area contributed by atoms with Crippen molar-refractivity contribution in [3.8, 4) is 0 Å². The zero-order chi connectivity index (χ0) is 32.6. The van der Waals surface area contributed by atoms with Gasteiger partial charge in [0, 0.05) is 24.3 Å². The van der Waals surface area contributed by atoms with Crippen LogP contribution in [0.2, 0.25) is 0 Å². The molecule has 2 aromatic carbocycles. The topological polar surface area (TPSA) is 273 Å². The maximum atomic E-state index is 14.9. The van der Waals surface area contributed by atoms with Crippen LogP contribution in [0.1, 0.15) is 27.0 Å². The fourth-order valence-electron chi connectivity index (χ4n) is 5.35. The van der Waals surface area contributed by atoms with E-state index < -0.39 is 81.0 Å². The van der Waals surface area contributed by atoms with E-state index in [9.17, 15) is 64.7 Å². The number of carbonyl (C=O) groups is 3. The monoisotopic (exact) mass is 620 g/mol. The Morgan fingerprint density at radius 1 is 1.00 bits per heavy atom. The molecule has 2 aromatic rings. The first kappa shape index (κ1) is 31.8. The van der Waals surface area contributed by atoms with E-state index in [1.807, 2.05) is 5.32 Å². The molecular weight excluding hydrogens is 594 g/mol. The molecular formula is C25H26BFN4O13. The van der Waals surface area contributed by atoms with Crippen molar-refractivity contribution in [3.05, 3.63) is 64.5 Å². The third kappa shape index (κ3) is 4.66. The van der Waals surface area contributed by atoms with Gasteiger partial charge in [-0.05, 0) is 30.3 Å². The Morgan fingerprint density at radius 2 is 1.64 bits per heavy atom. The Labute approximate surface area is 247 Å². The van der Waals surface area contributed by atoms with Gasteiger partial charge >= 0.3 is 0 Å². The van der Waals surface area contributed by atoms with Crippen molar-refractivity contribution in [3.63, 3.8) is 0 Å². The summed E-state index contributed by atoms with van der Waals surface area (Å²) in [7, 11) is 5.48. The summed E-state index contributed by atoms with van der Waals surface area (Å²) in [4.78, 5) is 38.8. The molecule has 2 unspecified atom stereocenters. The number of carbonyl (C=O) groups excluding carboxylic acids is 3. The average Bonchev–Trinajstić information content (AvgIpc) is 3.14. The molecule has 0 aliphatic carbocycles. The molecule has 3 heterocycles. The molecule has 3 aliphatic rings. The van der Waals surface area contributed by atoms with Gasteiger partial charge in [-0.25, -0.2) is 9.29 Å². The summed E-state index contributed by atoms with van der Waals surface area (Å²) in [6, 6.07) is 2.70. The minimum Gasteiger partial charge on any atom is -0.391 e. The number of aliphatic hydroxyl groups is 9. The number of rotatable bonds is 6. The van der Waals surface area contributed by atoms with Crippen LogP contribution in [0.4, 0.5) is 10.1 Å². The van der Waals surface area contributed by atoms with E-state index in [1.165, 1.54) is 10.2 Å². The van der Waals surface area contributed by atoms with Crippen molar-refractivity contribution >= 4 is 31.3 Å². The van der Waals surface area contributed by atoms with Gasteiger partial charge in [0.15, 0.2) is 0 Å². The van der Waals surface area contributed by atoms with Gasteiger partial charge in [-0.3, -0.25) is 24.6 Å². The second kappa shape index (κ2) is 10.2. The van der Waals surface area contributed by atoms with Crippen LogP contribution in [-0.4, -0.2) is 125 Å². The lowest BCUT2D eigenvalue weighted by Crippen LogP contribution is -2.80. The van der Waals surface area contributed by atoms with Crippen molar-refractivity contribution in [2.45, 2.75) is 35.1 Å². The molecule has 0 saturated carbocycles. The van der Waals surface area contributed by atoms with Crippen LogP contribution in [0.5, 0.6) is 0 Å². The normalized spacial score (nSPS) is 25.5. The number of nitrogens with zero attached hydrogens (tertiary/aromatic N) is 2. The highest BCUT2D eigenvalue weighted by atomic mass is 19.1. The maximum Gasteiger partial charge on any atom is 0.288 e. The molecule has 234 valence electrons. The van der Waals surface area contributed by atoms with Crippen LogP contribution in [0, 0.1) is 5.82 Å². The van der Waals surface area contributed by atoms with E-state index in [0.717, 1.165) is 24.3 Å². The number of benzene rings is 2. The van der Waals surface area contributed by atoms with E-state index in [0.29, 0.717) is 12.1 Å². The third-order valence-electron chi connectivity index (χ3n) is 7.71. The summed E-state index contributed by atoms with van der Waals surface area (Å²) < 4.78 is 20.1. The van der Waals surface area contributed by atoms with Gasteiger partial charge in [-0.1, -0.05) is 6.07 Å². The average molecular weight is 620 g/mol. The van der Waals surface area contributed by atoms with Crippen molar-refractivity contribution < 1.29 is 69.5 Å². The fourth-order valence-corrected chi connectivity index (χ4v) is 5.35. The van der Waals surface area contributed by atoms with E-state index in [1.54, 1.807) is 0 Å². The summed E-state index contributed by atoms with van der Waals surface area (Å²) in [6.45, 7) is 0.435. The maximum absolute atomic E-state index is 14.9. The van der Waals surface area contributed by atoms with Gasteiger partial charge in [0.1, 0.15) is 25.2 Å². The van der Waals surface area contributed by atoms with Crippen LogP contribution in [0.15, 0.2) is 36.4 Å². The molecule has 5 rings (SSSR count). The Bertz CT molecular complexity index is 1540. The van der Waals surface area contributed by atoms with Crippen molar-refractivity contribution in [1.29, 1.82) is 0 Å². The fraction of sp³-hybridized carbons (Fsp3) is 0.400. The quantitative estimate of drug-likeness (QED) is 0.0817. The smallest absolute Gasteiger partial charge is 0.288 e. The predicted molar refractivity (Wildman–Crippen MR) is 138 cm³/mol. The van der Waals surface area contributed by atoms with Crippen molar-refractivity contribution in [1.82, 2.24) is 15.1 Å². The Balaban J connectivity index is 1.53. The number of morpholine rings is 1. The first-order chi connectivity index (χ1) is 20.3. The summed E-state index contributed by atoms with van der Waals surface area (Å²) in [5.74, 6) is -20.0. The van der Waals surface area contributed by atoms with Crippen molar-refractivity contribution in [2.75, 3.05) is 31.6 Å². The van der Waals surface area contributed by atoms with E-state index in [-0.39, 0.29) is 36.8 Å². The number of hydrogen-bond donors (Lipinski definition) is 11. The highest BCUT2D eigenvalue weighted by Gasteiger charge is 2.68. The van der Waals surface area contributed by atoms with Gasteiger partial charge in [-0.15, -0.1) is 0 Å². The molecule has 2 saturated heterocycles. The molecule has 17 nitrogen and oxygen atoms in total. The number of amides is 3. The Kier molecular flexibility index (Phi) is 7.39. The zero-order valence-electron chi connectivity index (χ0n) is 22.4. The molecule has 0 spiro atoms. The lowest BCUT2D eigenvalue weighted by molar-refractivity contribution is -0.295. The second-order valence-electron chi connectivity index (χ2n) is 10.5. The molecule has 2 atom stereocenters. The van der Waals surface area contributed by atoms with Crippen LogP contribution < -0.4 is 10.6 Å². The predicted octanol–water partition coefficient (Wildman–Crippen LogP) is -5.43. The summed E-state index contributed by atoms with van der Waals surface area (Å²) in [5.41, 5.74) is -7.32. The summed E-state index contributed by atoms with van der Waals surface area (Å²) in [6.07, 6.45) is 0. The molecule has 0 aromatic heterocycles. The standard InChI is InChI=1S/C25H26BFN4O13/c26-21(35)17(18(32)28-20(34)22(21,36)37)31-19(33)12-2-1-3-15(16(12)25(31,42)43)29-23(38,39)13-10-11(4-5-14(13)27)24(40,41)30-6-8-44-9-7-30/h1-5,10,17,29,35-43H,6-9H2,(H,28,32,34). The van der Waals surface area contributed by atoms with Crippen LogP contribution in [0.3, 0.4) is 0 Å². The number of imide groups is 1. The molecule has 3 aliphatic heterocycles. The second-order valence-corrected chi connectivity index (χ2v) is 10.5. The molecule has 11 N–H and O–H groups in total.